The lowest BCUT2D eigenvalue weighted by Crippen LogP contribution is -2.52. The van der Waals surface area contributed by atoms with Gasteiger partial charge in [0.15, 0.2) is 11.6 Å². The third-order valence-electron chi connectivity index (χ3n) is 7.03. The van der Waals surface area contributed by atoms with Gasteiger partial charge in [-0.25, -0.2) is 10.4 Å². The fraction of sp³-hybridized carbons (Fsp3) is 0.364. The number of carbonyl (C=O) groups is 2. The number of nitrogens with zero attached hydrogens (tertiary/aromatic N) is 4. The maximum Gasteiger partial charge on any atom is 0.306 e. The maximum atomic E-state index is 14.3. The zero-order chi connectivity index (χ0) is 34.0. The molecule has 0 saturated heterocycles. The van der Waals surface area contributed by atoms with Gasteiger partial charge >= 0.3 is 5.97 Å². The van der Waals surface area contributed by atoms with Gasteiger partial charge in [0.25, 0.3) is 5.91 Å². The van der Waals surface area contributed by atoms with Crippen LogP contribution in [0.5, 0.6) is 5.75 Å². The van der Waals surface area contributed by atoms with Crippen molar-refractivity contribution in [3.8, 4) is 5.75 Å². The number of carbonyl (C=O) groups excluding carboxylic acids is 2. The van der Waals surface area contributed by atoms with E-state index in [1.54, 1.807) is 87.5 Å². The van der Waals surface area contributed by atoms with Crippen molar-refractivity contribution >= 4 is 46.7 Å². The number of aliphatic imine (C=N–C) groups is 1. The second-order valence-corrected chi connectivity index (χ2v) is 12.5. The molecule has 3 aromatic rings. The molecule has 0 radical (unpaired) electrons. The quantitative estimate of drug-likeness (QED) is 0.0415. The number of azide groups is 1. The normalized spacial score (nSPS) is 17.2. The Kier molecular flexibility index (Phi) is 12.1. The summed E-state index contributed by atoms with van der Waals surface area (Å²) in [6.45, 7) is 5.77. The zero-order valence-electron chi connectivity index (χ0n) is 26.2. The van der Waals surface area contributed by atoms with Crippen LogP contribution in [0.2, 0.25) is 10.0 Å². The van der Waals surface area contributed by atoms with Crippen LogP contribution < -0.4 is 15.6 Å². The molecule has 1 heterocycles. The number of benzene rings is 3. The first-order chi connectivity index (χ1) is 22.5. The number of ether oxygens (including phenoxy) is 3. The Labute approximate surface area is 282 Å². The molecule has 14 heteroatoms. The van der Waals surface area contributed by atoms with Crippen LogP contribution in [0.3, 0.4) is 0 Å². The summed E-state index contributed by atoms with van der Waals surface area (Å²) in [5.41, 5.74) is 14.3. The van der Waals surface area contributed by atoms with E-state index in [0.29, 0.717) is 45.5 Å². The number of nitrogens with one attached hydrogen (secondary N) is 2. The van der Waals surface area contributed by atoms with E-state index in [1.165, 1.54) is 0 Å². The van der Waals surface area contributed by atoms with E-state index in [9.17, 15) is 15.1 Å². The first-order valence-electron chi connectivity index (χ1n) is 14.9. The second kappa shape index (κ2) is 16.0. The average Bonchev–Trinajstić information content (AvgIpc) is 3.42. The van der Waals surface area contributed by atoms with Crippen LogP contribution in [0, 0.1) is 0 Å². The lowest BCUT2D eigenvalue weighted by atomic mass is 9.83. The molecule has 1 aliphatic rings. The van der Waals surface area contributed by atoms with Crippen molar-refractivity contribution in [3.05, 3.63) is 104 Å². The highest BCUT2D eigenvalue weighted by atomic mass is 35.5. The minimum absolute atomic E-state index is 0.0104. The number of hydrogen-bond donors (Lipinski definition) is 3. The summed E-state index contributed by atoms with van der Waals surface area (Å²) in [5.74, 6) is -0.427. The number of rotatable bonds is 14. The van der Waals surface area contributed by atoms with Crippen LogP contribution >= 0.6 is 23.2 Å². The molecule has 0 aromatic heterocycles. The first kappa shape index (κ1) is 35.5. The SMILES string of the molecule is CC(C)(C)OC(=O)CC[C@]1(C(=O)NNCc2ccc(Cl)cc2Cl)N=C(c2ccc(OCCCO)cc2)O[C@H]1c1ccccc1N=[N+]=[N-]. The van der Waals surface area contributed by atoms with E-state index >= 15 is 0 Å². The van der Waals surface area contributed by atoms with Gasteiger partial charge in [0.05, 0.1) is 6.61 Å². The number of aliphatic hydroxyl groups is 1. The molecule has 248 valence electrons. The van der Waals surface area contributed by atoms with Crippen LogP contribution in [-0.2, 0) is 25.6 Å². The minimum atomic E-state index is -1.72. The molecule has 1 aliphatic heterocycles. The first-order valence-corrected chi connectivity index (χ1v) is 15.6. The highest BCUT2D eigenvalue weighted by Gasteiger charge is 2.54. The molecular weight excluding hydrogens is 647 g/mol. The van der Waals surface area contributed by atoms with Gasteiger partial charge in [0.2, 0.25) is 5.90 Å². The molecule has 0 unspecified atom stereocenters. The largest absolute Gasteiger partial charge is 0.494 e. The highest BCUT2D eigenvalue weighted by molar-refractivity contribution is 6.35. The fourth-order valence-corrected chi connectivity index (χ4v) is 5.35. The summed E-state index contributed by atoms with van der Waals surface area (Å²) in [6.07, 6.45) is -0.913. The molecular formula is C33H36Cl2N6O6. The number of halogens is 2. The Hall–Kier alpha value is -4.32. The van der Waals surface area contributed by atoms with Crippen LogP contribution in [0.25, 0.3) is 10.4 Å². The molecule has 0 fully saturated rings. The summed E-state index contributed by atoms with van der Waals surface area (Å²) >= 11 is 12.4. The highest BCUT2D eigenvalue weighted by Crippen LogP contribution is 2.46. The lowest BCUT2D eigenvalue weighted by Gasteiger charge is -2.31. The minimum Gasteiger partial charge on any atom is -0.494 e. The van der Waals surface area contributed by atoms with Crippen LogP contribution in [0.15, 0.2) is 76.8 Å². The third-order valence-corrected chi connectivity index (χ3v) is 7.61. The molecule has 3 aromatic carbocycles. The summed E-state index contributed by atoms with van der Waals surface area (Å²) in [6, 6.07) is 18.6. The summed E-state index contributed by atoms with van der Waals surface area (Å²) in [4.78, 5) is 35.1. The Morgan fingerprint density at radius 2 is 1.87 bits per heavy atom. The predicted molar refractivity (Wildman–Crippen MR) is 179 cm³/mol. The smallest absolute Gasteiger partial charge is 0.306 e. The summed E-state index contributed by atoms with van der Waals surface area (Å²) in [5, 5.41) is 13.8. The van der Waals surface area contributed by atoms with Gasteiger partial charge in [-0.05, 0) is 74.7 Å². The third kappa shape index (κ3) is 9.37. The number of esters is 1. The Morgan fingerprint density at radius 3 is 2.55 bits per heavy atom. The van der Waals surface area contributed by atoms with Crippen molar-refractivity contribution in [3.63, 3.8) is 0 Å². The van der Waals surface area contributed by atoms with Crippen LogP contribution in [-0.4, -0.2) is 47.2 Å². The monoisotopic (exact) mass is 682 g/mol. The van der Waals surface area contributed by atoms with Crippen molar-refractivity contribution in [2.45, 2.75) is 63.8 Å². The summed E-state index contributed by atoms with van der Waals surface area (Å²) in [7, 11) is 0. The second-order valence-electron chi connectivity index (χ2n) is 11.7. The molecule has 0 spiro atoms. The van der Waals surface area contributed by atoms with Gasteiger partial charge in [0, 0.05) is 57.8 Å². The maximum absolute atomic E-state index is 14.3. The van der Waals surface area contributed by atoms with E-state index in [2.05, 4.69) is 20.9 Å². The van der Waals surface area contributed by atoms with Gasteiger partial charge in [-0.15, -0.1) is 0 Å². The molecule has 12 nitrogen and oxygen atoms in total. The molecule has 47 heavy (non-hydrogen) atoms. The molecule has 3 N–H and O–H groups in total. The van der Waals surface area contributed by atoms with E-state index in [4.69, 9.17) is 47.5 Å². The van der Waals surface area contributed by atoms with Crippen molar-refractivity contribution in [2.75, 3.05) is 13.2 Å². The summed E-state index contributed by atoms with van der Waals surface area (Å²) < 4.78 is 17.6. The lowest BCUT2D eigenvalue weighted by molar-refractivity contribution is -0.155. The van der Waals surface area contributed by atoms with E-state index in [-0.39, 0.29) is 37.6 Å². The van der Waals surface area contributed by atoms with Gasteiger partial charge in [-0.3, -0.25) is 15.0 Å². The predicted octanol–water partition coefficient (Wildman–Crippen LogP) is 6.90. The molecule has 0 aliphatic carbocycles. The molecule has 0 bridgehead atoms. The molecule has 0 saturated carbocycles. The number of hydrazine groups is 1. The topological polar surface area (TPSA) is 167 Å². The Bertz CT molecular complexity index is 1660. The fourth-order valence-electron chi connectivity index (χ4n) is 4.87. The average molecular weight is 684 g/mol. The van der Waals surface area contributed by atoms with Crippen LogP contribution in [0.4, 0.5) is 5.69 Å². The van der Waals surface area contributed by atoms with E-state index < -0.39 is 29.1 Å². The van der Waals surface area contributed by atoms with Crippen molar-refractivity contribution in [1.29, 1.82) is 0 Å². The Balaban J connectivity index is 1.74. The van der Waals surface area contributed by atoms with Gasteiger partial charge in [-0.1, -0.05) is 58.6 Å². The molecule has 2 atom stereocenters. The van der Waals surface area contributed by atoms with Gasteiger partial charge in [-0.2, -0.15) is 0 Å². The van der Waals surface area contributed by atoms with Crippen LogP contribution in [0.1, 0.15) is 62.8 Å². The molecule has 4 rings (SSSR count). The van der Waals surface area contributed by atoms with Crippen molar-refractivity contribution < 1.29 is 28.9 Å². The molecule has 1 amide bonds. The van der Waals surface area contributed by atoms with Crippen molar-refractivity contribution in [1.82, 2.24) is 10.9 Å². The van der Waals surface area contributed by atoms with Crippen molar-refractivity contribution in [2.24, 2.45) is 10.1 Å². The van der Waals surface area contributed by atoms with Gasteiger partial charge < -0.3 is 19.3 Å². The van der Waals surface area contributed by atoms with E-state index in [0.717, 1.165) is 0 Å². The number of aliphatic hydroxyl groups excluding tert-OH is 1. The Morgan fingerprint density at radius 1 is 1.13 bits per heavy atom. The zero-order valence-corrected chi connectivity index (χ0v) is 27.7. The standard InChI is InChI=1S/C33H36Cl2N6O6/c1-32(2,3)47-28(43)15-16-33(31(44)40-37-20-22-9-12-23(34)19-26(22)35)29(25-7-4-5-8-27(25)39-41-36)46-30(38-33)21-10-13-24(14-11-21)45-18-6-17-42/h4-5,7-14,19,29,37,42H,6,15-18,20H2,1-3H3,(H,40,44)/t29-,33-/m0/s1. The number of hydrogen-bond acceptors (Lipinski definition) is 9. The number of amides is 1. The van der Waals surface area contributed by atoms with E-state index in [1.807, 2.05) is 0 Å². The van der Waals surface area contributed by atoms with Gasteiger partial charge in [0.1, 0.15) is 11.4 Å².